The van der Waals surface area contributed by atoms with Gasteiger partial charge >= 0.3 is 0 Å². The molecule has 0 radical (unpaired) electrons. The summed E-state index contributed by atoms with van der Waals surface area (Å²) in [5, 5.41) is 6.03. The Morgan fingerprint density at radius 1 is 0.786 bits per heavy atom. The predicted octanol–water partition coefficient (Wildman–Crippen LogP) is 4.50. The van der Waals surface area contributed by atoms with E-state index in [2.05, 4.69) is 10.6 Å². The number of nitrogens with one attached hydrogen (secondary N) is 2. The van der Waals surface area contributed by atoms with Gasteiger partial charge in [0.05, 0.1) is 11.8 Å². The van der Waals surface area contributed by atoms with Gasteiger partial charge in [0, 0.05) is 11.7 Å². The van der Waals surface area contributed by atoms with Gasteiger partial charge in [0.1, 0.15) is 11.5 Å². The lowest BCUT2D eigenvalue weighted by molar-refractivity contribution is -0.126. The lowest BCUT2D eigenvalue weighted by Crippen LogP contribution is -2.37. The highest BCUT2D eigenvalue weighted by molar-refractivity contribution is 5.99. The molecule has 5 heteroatoms. The minimum Gasteiger partial charge on any atom is -0.457 e. The van der Waals surface area contributed by atoms with E-state index < -0.39 is 0 Å². The first kappa shape index (κ1) is 18.5. The molecule has 2 atom stereocenters. The number of benzene rings is 2. The van der Waals surface area contributed by atoms with Crippen LogP contribution >= 0.6 is 0 Å². The first-order valence-corrected chi connectivity index (χ1v) is 10.1. The second-order valence-corrected chi connectivity index (χ2v) is 7.72. The van der Waals surface area contributed by atoms with Crippen molar-refractivity contribution in [3.63, 3.8) is 0 Å². The second kappa shape index (κ2) is 8.46. The summed E-state index contributed by atoms with van der Waals surface area (Å²) in [6.07, 6.45) is 6.39. The highest BCUT2D eigenvalue weighted by Gasteiger charge is 2.48. The number of ether oxygens (including phenoxy) is 1. The number of anilines is 1. The molecule has 0 heterocycles. The second-order valence-electron chi connectivity index (χ2n) is 7.72. The fourth-order valence-electron chi connectivity index (χ4n) is 3.80. The van der Waals surface area contributed by atoms with E-state index in [1.54, 1.807) is 0 Å². The molecule has 2 aromatic carbocycles. The number of carbonyl (C=O) groups excluding carboxylic acids is 2. The van der Waals surface area contributed by atoms with Gasteiger partial charge in [0.25, 0.3) is 0 Å². The fourth-order valence-corrected chi connectivity index (χ4v) is 3.80. The average Bonchev–Trinajstić information content (AvgIpc) is 3.52. The maximum absolute atomic E-state index is 12.4. The van der Waals surface area contributed by atoms with E-state index in [9.17, 15) is 9.59 Å². The summed E-state index contributed by atoms with van der Waals surface area (Å²) in [6, 6.07) is 17.1. The summed E-state index contributed by atoms with van der Waals surface area (Å²) in [7, 11) is 0. The third-order valence-electron chi connectivity index (χ3n) is 5.52. The van der Waals surface area contributed by atoms with E-state index in [0.29, 0.717) is 23.9 Å². The minimum absolute atomic E-state index is 0.0404. The van der Waals surface area contributed by atoms with Crippen molar-refractivity contribution < 1.29 is 14.3 Å². The van der Waals surface area contributed by atoms with Crippen LogP contribution in [-0.2, 0) is 9.59 Å². The van der Waals surface area contributed by atoms with Gasteiger partial charge in [-0.05, 0) is 55.7 Å². The molecule has 28 heavy (non-hydrogen) atoms. The van der Waals surface area contributed by atoms with Gasteiger partial charge in [-0.15, -0.1) is 0 Å². The number of amides is 2. The largest absolute Gasteiger partial charge is 0.457 e. The Balaban J connectivity index is 1.25. The molecule has 0 saturated heterocycles. The number of hydrogen-bond donors (Lipinski definition) is 2. The van der Waals surface area contributed by atoms with Gasteiger partial charge in [-0.2, -0.15) is 0 Å². The SMILES string of the molecule is O=C(Nc1ccc(Oc2ccccc2)cc1)C1CC1C(=O)NC1CCCCC1. The molecule has 2 aromatic rings. The van der Waals surface area contributed by atoms with E-state index in [0.717, 1.165) is 18.6 Å². The van der Waals surface area contributed by atoms with Crippen molar-refractivity contribution in [2.75, 3.05) is 5.32 Å². The highest BCUT2D eigenvalue weighted by Crippen LogP contribution is 2.40. The lowest BCUT2D eigenvalue weighted by Gasteiger charge is -2.22. The Morgan fingerprint density at radius 3 is 2.14 bits per heavy atom. The van der Waals surface area contributed by atoms with Crippen molar-refractivity contribution in [3.05, 3.63) is 54.6 Å². The first-order chi connectivity index (χ1) is 13.7. The molecule has 4 rings (SSSR count). The van der Waals surface area contributed by atoms with Crippen LogP contribution in [0.25, 0.3) is 0 Å². The molecular weight excluding hydrogens is 352 g/mol. The van der Waals surface area contributed by atoms with Gasteiger partial charge in [-0.3, -0.25) is 9.59 Å². The fraction of sp³-hybridized carbons (Fsp3) is 0.391. The Hall–Kier alpha value is -2.82. The van der Waals surface area contributed by atoms with Crippen LogP contribution in [0.15, 0.2) is 54.6 Å². The van der Waals surface area contributed by atoms with E-state index in [1.165, 1.54) is 19.3 Å². The molecule has 0 spiro atoms. The van der Waals surface area contributed by atoms with Crippen molar-refractivity contribution in [1.29, 1.82) is 0 Å². The molecule has 0 aromatic heterocycles. The maximum Gasteiger partial charge on any atom is 0.228 e. The third-order valence-corrected chi connectivity index (χ3v) is 5.52. The quantitative estimate of drug-likeness (QED) is 0.778. The summed E-state index contributed by atoms with van der Waals surface area (Å²) in [4.78, 5) is 24.8. The van der Waals surface area contributed by atoms with Gasteiger partial charge in [0.15, 0.2) is 0 Å². The third kappa shape index (κ3) is 4.71. The van der Waals surface area contributed by atoms with Crippen molar-refractivity contribution in [3.8, 4) is 11.5 Å². The van der Waals surface area contributed by atoms with E-state index in [-0.39, 0.29) is 23.7 Å². The normalized spacial score (nSPS) is 21.6. The number of rotatable bonds is 6. The van der Waals surface area contributed by atoms with Crippen molar-refractivity contribution >= 4 is 17.5 Å². The summed E-state index contributed by atoms with van der Waals surface area (Å²) < 4.78 is 5.75. The van der Waals surface area contributed by atoms with Crippen LogP contribution in [0.3, 0.4) is 0 Å². The zero-order valence-electron chi connectivity index (χ0n) is 15.9. The van der Waals surface area contributed by atoms with E-state index >= 15 is 0 Å². The van der Waals surface area contributed by atoms with Gasteiger partial charge in [0.2, 0.25) is 11.8 Å². The Morgan fingerprint density at radius 2 is 1.43 bits per heavy atom. The zero-order chi connectivity index (χ0) is 19.3. The van der Waals surface area contributed by atoms with Crippen LogP contribution in [-0.4, -0.2) is 17.9 Å². The molecular formula is C23H26N2O3. The molecule has 0 aliphatic heterocycles. The first-order valence-electron chi connectivity index (χ1n) is 10.1. The van der Waals surface area contributed by atoms with Crippen LogP contribution in [0.1, 0.15) is 38.5 Å². The smallest absolute Gasteiger partial charge is 0.228 e. The van der Waals surface area contributed by atoms with Crippen molar-refractivity contribution in [1.82, 2.24) is 5.32 Å². The zero-order valence-corrected chi connectivity index (χ0v) is 15.9. The van der Waals surface area contributed by atoms with Crippen molar-refractivity contribution in [2.24, 2.45) is 11.8 Å². The molecule has 2 unspecified atom stereocenters. The summed E-state index contributed by atoms with van der Waals surface area (Å²) in [5.74, 6) is 1.04. The molecule has 0 bridgehead atoms. The van der Waals surface area contributed by atoms with Gasteiger partial charge in [-0.25, -0.2) is 0 Å². The molecule has 2 saturated carbocycles. The van der Waals surface area contributed by atoms with Crippen molar-refractivity contribution in [2.45, 2.75) is 44.6 Å². The monoisotopic (exact) mass is 378 g/mol. The van der Waals surface area contributed by atoms with E-state index in [1.807, 2.05) is 54.6 Å². The average molecular weight is 378 g/mol. The Bertz CT molecular complexity index is 814. The van der Waals surface area contributed by atoms with Crippen LogP contribution in [0.5, 0.6) is 11.5 Å². The summed E-state index contributed by atoms with van der Waals surface area (Å²) in [5.41, 5.74) is 0.712. The summed E-state index contributed by atoms with van der Waals surface area (Å²) >= 11 is 0. The molecule has 5 nitrogen and oxygen atoms in total. The van der Waals surface area contributed by atoms with Crippen LogP contribution < -0.4 is 15.4 Å². The minimum atomic E-state index is -0.219. The number of para-hydroxylation sites is 1. The predicted molar refractivity (Wildman–Crippen MR) is 108 cm³/mol. The van der Waals surface area contributed by atoms with Crippen LogP contribution in [0, 0.1) is 11.8 Å². The maximum atomic E-state index is 12.4. The summed E-state index contributed by atoms with van der Waals surface area (Å²) in [6.45, 7) is 0. The lowest BCUT2D eigenvalue weighted by atomic mass is 9.95. The van der Waals surface area contributed by atoms with E-state index in [4.69, 9.17) is 4.74 Å². The number of hydrogen-bond acceptors (Lipinski definition) is 3. The molecule has 2 N–H and O–H groups in total. The van der Waals surface area contributed by atoms with Gasteiger partial charge < -0.3 is 15.4 Å². The molecule has 146 valence electrons. The molecule has 2 aliphatic rings. The van der Waals surface area contributed by atoms with Crippen LogP contribution in [0.2, 0.25) is 0 Å². The Labute approximate surface area is 165 Å². The van der Waals surface area contributed by atoms with Gasteiger partial charge in [-0.1, -0.05) is 37.5 Å². The highest BCUT2D eigenvalue weighted by atomic mass is 16.5. The Kier molecular flexibility index (Phi) is 5.60. The molecule has 2 aliphatic carbocycles. The number of carbonyl (C=O) groups is 2. The molecule has 2 amide bonds. The standard InChI is InChI=1S/C23H26N2O3/c26-22(24-16-7-3-1-4-8-16)20-15-21(20)23(27)25-17-11-13-19(14-12-17)28-18-9-5-2-6-10-18/h2,5-6,9-14,16,20-21H,1,3-4,7-8,15H2,(H,24,26)(H,25,27). The molecule has 2 fully saturated rings. The topological polar surface area (TPSA) is 67.4 Å². The van der Waals surface area contributed by atoms with Crippen LogP contribution in [0.4, 0.5) is 5.69 Å².